The Bertz CT molecular complexity index is 635. The van der Waals surface area contributed by atoms with Crippen LogP contribution < -0.4 is 5.73 Å². The van der Waals surface area contributed by atoms with Gasteiger partial charge >= 0.3 is 0 Å². The molecule has 16 heavy (non-hydrogen) atoms. The van der Waals surface area contributed by atoms with E-state index >= 15 is 0 Å². The minimum absolute atomic E-state index is 0.372. The maximum atomic E-state index is 10.9. The summed E-state index contributed by atoms with van der Waals surface area (Å²) in [5, 5.41) is 1.65. The molecule has 5 heteroatoms. The van der Waals surface area contributed by atoms with Crippen LogP contribution in [0.1, 0.15) is 5.56 Å². The van der Waals surface area contributed by atoms with Crippen LogP contribution in [-0.2, 0) is 15.9 Å². The van der Waals surface area contributed by atoms with Crippen LogP contribution in [0.5, 0.6) is 0 Å². The lowest BCUT2D eigenvalue weighted by Crippen LogP contribution is -2.05. The molecule has 84 valence electrons. The van der Waals surface area contributed by atoms with Crippen molar-refractivity contribution in [3.05, 3.63) is 42.0 Å². The first-order valence-corrected chi connectivity index (χ1v) is 6.29. The Balaban J connectivity index is 2.71. The molecule has 0 spiro atoms. The number of nitrogens with two attached hydrogens (primary N) is 1. The monoisotopic (exact) mass is 237 g/mol. The highest BCUT2D eigenvalue weighted by Gasteiger charge is 2.12. The van der Waals surface area contributed by atoms with Crippen LogP contribution in [-0.4, -0.2) is 13.0 Å². The van der Waals surface area contributed by atoms with E-state index in [1.54, 1.807) is 18.2 Å². The fourth-order valence-corrected chi connectivity index (χ4v) is 2.38. The van der Waals surface area contributed by atoms with Gasteiger partial charge in [0.05, 0.1) is 0 Å². The second-order valence-corrected chi connectivity index (χ2v) is 5.03. The first-order valence-electron chi connectivity index (χ1n) is 4.68. The lowest BCUT2D eigenvalue weighted by Gasteiger charge is -2.08. The van der Waals surface area contributed by atoms with Crippen LogP contribution in [0.25, 0.3) is 10.8 Å². The molecule has 2 aromatic rings. The highest BCUT2D eigenvalue weighted by atomic mass is 32.2. The van der Waals surface area contributed by atoms with Gasteiger partial charge in [-0.3, -0.25) is 4.55 Å². The number of nitrogen functional groups attached to an aromatic ring is 1. The highest BCUT2D eigenvalue weighted by molar-refractivity contribution is 7.85. The molecule has 2 rings (SSSR count). The van der Waals surface area contributed by atoms with Crippen LogP contribution in [0.4, 0.5) is 5.69 Å². The standard InChI is InChI=1S/C11H11NO3S/c12-11-6-5-8-3-1-2-4-9(8)10(11)7-16(13,14)15/h1-6H,7,12H2,(H,13,14,15). The normalized spacial score (nSPS) is 11.8. The van der Waals surface area contributed by atoms with Crippen LogP contribution in [0, 0.1) is 0 Å². The summed E-state index contributed by atoms with van der Waals surface area (Å²) in [6.45, 7) is 0. The third kappa shape index (κ3) is 2.15. The smallest absolute Gasteiger partial charge is 0.269 e. The summed E-state index contributed by atoms with van der Waals surface area (Å²) in [4.78, 5) is 0. The van der Waals surface area contributed by atoms with E-state index in [0.29, 0.717) is 11.3 Å². The first kappa shape index (κ1) is 10.9. The van der Waals surface area contributed by atoms with E-state index in [4.69, 9.17) is 10.3 Å². The molecule has 4 nitrogen and oxygen atoms in total. The van der Waals surface area contributed by atoms with Crippen molar-refractivity contribution in [2.24, 2.45) is 0 Å². The van der Waals surface area contributed by atoms with E-state index in [-0.39, 0.29) is 0 Å². The summed E-state index contributed by atoms with van der Waals surface area (Å²) < 4.78 is 30.7. The molecule has 0 bridgehead atoms. The van der Waals surface area contributed by atoms with Gasteiger partial charge in [0.2, 0.25) is 0 Å². The van der Waals surface area contributed by atoms with Gasteiger partial charge in [-0.05, 0) is 16.8 Å². The SMILES string of the molecule is Nc1ccc2ccccc2c1CS(=O)(=O)O. The van der Waals surface area contributed by atoms with Crippen molar-refractivity contribution in [1.29, 1.82) is 0 Å². The van der Waals surface area contributed by atoms with Crippen molar-refractivity contribution in [1.82, 2.24) is 0 Å². The van der Waals surface area contributed by atoms with Gasteiger partial charge in [0.15, 0.2) is 0 Å². The fourth-order valence-electron chi connectivity index (χ4n) is 1.70. The number of anilines is 1. The third-order valence-electron chi connectivity index (χ3n) is 2.40. The molecule has 0 aliphatic carbocycles. The molecule has 0 radical (unpaired) electrons. The highest BCUT2D eigenvalue weighted by Crippen LogP contribution is 2.25. The summed E-state index contributed by atoms with van der Waals surface area (Å²) in [6, 6.07) is 10.8. The minimum atomic E-state index is -4.07. The molecule has 0 aromatic heterocycles. The Morgan fingerprint density at radius 2 is 1.81 bits per heavy atom. The molecule has 0 aliphatic heterocycles. The van der Waals surface area contributed by atoms with Gasteiger partial charge in [0, 0.05) is 11.3 Å². The van der Waals surface area contributed by atoms with Crippen molar-refractivity contribution in [3.8, 4) is 0 Å². The van der Waals surface area contributed by atoms with E-state index in [1.165, 1.54) is 0 Å². The van der Waals surface area contributed by atoms with Crippen molar-refractivity contribution < 1.29 is 13.0 Å². The Labute approximate surface area is 93.4 Å². The molecule has 0 aliphatic rings. The van der Waals surface area contributed by atoms with Gasteiger partial charge in [-0.25, -0.2) is 0 Å². The molecule has 0 unspecified atom stereocenters. The fraction of sp³-hybridized carbons (Fsp3) is 0.0909. The van der Waals surface area contributed by atoms with Crippen molar-refractivity contribution in [2.75, 3.05) is 5.73 Å². The average molecular weight is 237 g/mol. The molecule has 0 amide bonds. The van der Waals surface area contributed by atoms with Crippen molar-refractivity contribution in [2.45, 2.75) is 5.75 Å². The van der Waals surface area contributed by atoms with Crippen LogP contribution >= 0.6 is 0 Å². The number of rotatable bonds is 2. The Morgan fingerprint density at radius 3 is 2.50 bits per heavy atom. The Morgan fingerprint density at radius 1 is 1.12 bits per heavy atom. The summed E-state index contributed by atoms with van der Waals surface area (Å²) in [5.41, 5.74) is 6.53. The third-order valence-corrected chi connectivity index (χ3v) is 3.06. The zero-order valence-corrected chi connectivity index (χ0v) is 9.24. The molecule has 0 atom stereocenters. The summed E-state index contributed by atoms with van der Waals surface area (Å²) in [6.07, 6.45) is 0. The maximum absolute atomic E-state index is 10.9. The Hall–Kier alpha value is -1.59. The van der Waals surface area contributed by atoms with Gasteiger partial charge in [-0.1, -0.05) is 30.3 Å². The van der Waals surface area contributed by atoms with Gasteiger partial charge in [0.25, 0.3) is 10.1 Å². The van der Waals surface area contributed by atoms with E-state index in [1.807, 2.05) is 18.2 Å². The second-order valence-electron chi connectivity index (χ2n) is 3.58. The predicted molar refractivity (Wildman–Crippen MR) is 63.6 cm³/mol. The lowest BCUT2D eigenvalue weighted by atomic mass is 10.0. The van der Waals surface area contributed by atoms with Gasteiger partial charge in [0.1, 0.15) is 5.75 Å². The molecular formula is C11H11NO3S. The van der Waals surface area contributed by atoms with Crippen LogP contribution in [0.2, 0.25) is 0 Å². The van der Waals surface area contributed by atoms with Crippen molar-refractivity contribution in [3.63, 3.8) is 0 Å². The first-order chi connectivity index (χ1) is 7.47. The maximum Gasteiger partial charge on any atom is 0.269 e. The molecule has 0 heterocycles. The van der Waals surface area contributed by atoms with E-state index in [9.17, 15) is 8.42 Å². The predicted octanol–water partition coefficient (Wildman–Crippen LogP) is 1.81. The second kappa shape index (κ2) is 3.77. The number of hydrogen-bond donors (Lipinski definition) is 2. The Kier molecular flexibility index (Phi) is 2.57. The van der Waals surface area contributed by atoms with E-state index in [2.05, 4.69) is 0 Å². The number of fused-ring (bicyclic) bond motifs is 1. The largest absolute Gasteiger partial charge is 0.398 e. The quantitative estimate of drug-likeness (QED) is 0.616. The van der Waals surface area contributed by atoms with Crippen LogP contribution in [0.15, 0.2) is 36.4 Å². The molecule has 0 saturated carbocycles. The molecule has 0 fully saturated rings. The van der Waals surface area contributed by atoms with Gasteiger partial charge < -0.3 is 5.73 Å². The number of hydrogen-bond acceptors (Lipinski definition) is 3. The molecule has 2 aromatic carbocycles. The zero-order valence-electron chi connectivity index (χ0n) is 8.42. The van der Waals surface area contributed by atoms with E-state index in [0.717, 1.165) is 10.8 Å². The topological polar surface area (TPSA) is 80.4 Å². The molecular weight excluding hydrogens is 226 g/mol. The summed E-state index contributed by atoms with van der Waals surface area (Å²) >= 11 is 0. The van der Waals surface area contributed by atoms with E-state index < -0.39 is 15.9 Å². The molecule has 3 N–H and O–H groups in total. The minimum Gasteiger partial charge on any atom is -0.398 e. The number of benzene rings is 2. The summed E-state index contributed by atoms with van der Waals surface area (Å²) in [5.74, 6) is -0.458. The average Bonchev–Trinajstić information content (AvgIpc) is 2.21. The lowest BCUT2D eigenvalue weighted by molar-refractivity contribution is 0.482. The van der Waals surface area contributed by atoms with Gasteiger partial charge in [-0.2, -0.15) is 8.42 Å². The summed E-state index contributed by atoms with van der Waals surface area (Å²) in [7, 11) is -4.07. The zero-order chi connectivity index (χ0) is 11.8. The van der Waals surface area contributed by atoms with Crippen LogP contribution in [0.3, 0.4) is 0 Å². The molecule has 0 saturated heterocycles. The van der Waals surface area contributed by atoms with Gasteiger partial charge in [-0.15, -0.1) is 0 Å². The van der Waals surface area contributed by atoms with Crippen molar-refractivity contribution >= 4 is 26.6 Å².